The molecule has 3 aromatic rings. The van der Waals surface area contributed by atoms with E-state index in [4.69, 9.17) is 14.8 Å². The average molecular weight is 384 g/mol. The Labute approximate surface area is 163 Å². The van der Waals surface area contributed by atoms with Gasteiger partial charge < -0.3 is 20.1 Å². The number of aromatic nitrogens is 1. The molecule has 0 amide bonds. The Bertz CT molecular complexity index is 832. The zero-order chi connectivity index (χ0) is 18.5. The van der Waals surface area contributed by atoms with E-state index in [1.807, 2.05) is 18.2 Å². The minimum atomic E-state index is 0.0378. The number of rotatable bonds is 7. The van der Waals surface area contributed by atoms with Crippen LogP contribution in [0.2, 0.25) is 0 Å². The normalized spacial score (nSPS) is 17.4. The third-order valence-electron chi connectivity index (χ3n) is 4.85. The number of ether oxygens (including phenoxy) is 1. The molecule has 6 heteroatoms. The van der Waals surface area contributed by atoms with E-state index >= 15 is 0 Å². The van der Waals surface area contributed by atoms with Crippen LogP contribution in [0.25, 0.3) is 10.2 Å². The predicted octanol–water partition coefficient (Wildman–Crippen LogP) is 3.43. The Morgan fingerprint density at radius 3 is 2.85 bits per heavy atom. The highest BCUT2D eigenvalue weighted by atomic mass is 32.1. The lowest BCUT2D eigenvalue weighted by Crippen LogP contribution is -2.45. The van der Waals surface area contributed by atoms with Crippen LogP contribution >= 0.6 is 11.3 Å². The molecule has 1 aliphatic heterocycles. The fraction of sp³-hybridized carbons (Fsp3) is 0.381. The molecule has 2 N–H and O–H groups in total. The number of aliphatic hydroxyl groups is 1. The molecule has 0 radical (unpaired) electrons. The summed E-state index contributed by atoms with van der Waals surface area (Å²) >= 11 is 1.78. The first-order chi connectivity index (χ1) is 13.3. The summed E-state index contributed by atoms with van der Waals surface area (Å²) in [6.45, 7) is 3.29. The van der Waals surface area contributed by atoms with Crippen LogP contribution in [0.1, 0.15) is 18.4 Å². The van der Waals surface area contributed by atoms with Crippen LogP contribution in [0.3, 0.4) is 0 Å². The number of anilines is 1. The topological polar surface area (TPSA) is 57.6 Å². The number of aliphatic hydroxyl groups excluding tert-OH is 1. The quantitative estimate of drug-likeness (QED) is 0.655. The molecule has 1 atom stereocenters. The molecule has 1 aromatic heterocycles. The van der Waals surface area contributed by atoms with Crippen LogP contribution in [0, 0.1) is 0 Å². The van der Waals surface area contributed by atoms with Crippen LogP contribution in [0.15, 0.2) is 48.5 Å². The Hall–Kier alpha value is -2.15. The van der Waals surface area contributed by atoms with E-state index in [0.717, 1.165) is 36.0 Å². The van der Waals surface area contributed by atoms with Crippen molar-refractivity contribution in [3.63, 3.8) is 0 Å². The molecular weight excluding hydrogens is 358 g/mol. The summed E-state index contributed by atoms with van der Waals surface area (Å²) in [6, 6.07) is 16.9. The van der Waals surface area contributed by atoms with Crippen molar-refractivity contribution >= 4 is 26.7 Å². The lowest BCUT2D eigenvalue weighted by Gasteiger charge is -2.33. The second-order valence-electron chi connectivity index (χ2n) is 6.85. The molecular formula is C21H25N3O2S. The number of nitrogens with one attached hydrogen (secondary N) is 1. The minimum absolute atomic E-state index is 0.0378. The van der Waals surface area contributed by atoms with E-state index in [2.05, 4.69) is 40.5 Å². The SMILES string of the molecule is OCCOc1ccc(CNC2CCCN(c3nc4ccccc4s3)C2)cc1. The lowest BCUT2D eigenvalue weighted by atomic mass is 10.1. The van der Waals surface area contributed by atoms with Gasteiger partial charge in [0.15, 0.2) is 5.13 Å². The van der Waals surface area contributed by atoms with Crippen molar-refractivity contribution in [2.45, 2.75) is 25.4 Å². The first-order valence-electron chi connectivity index (χ1n) is 9.48. The van der Waals surface area contributed by atoms with Crippen molar-refractivity contribution < 1.29 is 9.84 Å². The number of thiazole rings is 1. The van der Waals surface area contributed by atoms with Gasteiger partial charge in [0, 0.05) is 25.7 Å². The van der Waals surface area contributed by atoms with Crippen molar-refractivity contribution in [3.8, 4) is 5.75 Å². The third kappa shape index (κ3) is 4.58. The van der Waals surface area contributed by atoms with Crippen LogP contribution < -0.4 is 15.0 Å². The average Bonchev–Trinajstić information content (AvgIpc) is 3.16. The number of hydrogen-bond acceptors (Lipinski definition) is 6. The Morgan fingerprint density at radius 1 is 1.19 bits per heavy atom. The zero-order valence-corrected chi connectivity index (χ0v) is 16.1. The molecule has 1 saturated heterocycles. The van der Waals surface area contributed by atoms with E-state index in [0.29, 0.717) is 12.6 Å². The summed E-state index contributed by atoms with van der Waals surface area (Å²) in [5.41, 5.74) is 2.33. The van der Waals surface area contributed by atoms with Gasteiger partial charge >= 0.3 is 0 Å². The first kappa shape index (κ1) is 18.2. The highest BCUT2D eigenvalue weighted by Gasteiger charge is 2.22. The Balaban J connectivity index is 1.33. The summed E-state index contributed by atoms with van der Waals surface area (Å²) < 4.78 is 6.67. The second kappa shape index (κ2) is 8.69. The van der Waals surface area contributed by atoms with E-state index in [9.17, 15) is 0 Å². The smallest absolute Gasteiger partial charge is 0.186 e. The van der Waals surface area contributed by atoms with Gasteiger partial charge in [-0.2, -0.15) is 0 Å². The molecule has 0 saturated carbocycles. The number of piperidine rings is 1. The van der Waals surface area contributed by atoms with Gasteiger partial charge in [0.2, 0.25) is 0 Å². The molecule has 2 heterocycles. The van der Waals surface area contributed by atoms with E-state index in [1.54, 1.807) is 11.3 Å². The van der Waals surface area contributed by atoms with Gasteiger partial charge in [0.05, 0.1) is 16.8 Å². The molecule has 1 fully saturated rings. The van der Waals surface area contributed by atoms with Gasteiger partial charge in [-0.05, 0) is 42.7 Å². The number of benzene rings is 2. The van der Waals surface area contributed by atoms with Crippen molar-refractivity contribution in [3.05, 3.63) is 54.1 Å². The zero-order valence-electron chi connectivity index (χ0n) is 15.3. The third-order valence-corrected chi connectivity index (χ3v) is 5.95. The van der Waals surface area contributed by atoms with Crippen LogP contribution in [-0.2, 0) is 6.54 Å². The van der Waals surface area contributed by atoms with Crippen molar-refractivity contribution in [1.82, 2.24) is 10.3 Å². The maximum atomic E-state index is 8.81. The molecule has 1 aliphatic rings. The van der Waals surface area contributed by atoms with Crippen LogP contribution in [-0.4, -0.2) is 42.4 Å². The second-order valence-corrected chi connectivity index (χ2v) is 7.86. The van der Waals surface area contributed by atoms with Gasteiger partial charge in [0.1, 0.15) is 12.4 Å². The van der Waals surface area contributed by atoms with Crippen LogP contribution in [0.4, 0.5) is 5.13 Å². The molecule has 0 aliphatic carbocycles. The largest absolute Gasteiger partial charge is 0.491 e. The van der Waals surface area contributed by atoms with Crippen LogP contribution in [0.5, 0.6) is 5.75 Å². The van der Waals surface area contributed by atoms with E-state index in [-0.39, 0.29) is 6.61 Å². The van der Waals surface area contributed by atoms with Gasteiger partial charge in [-0.1, -0.05) is 35.6 Å². The number of para-hydroxylation sites is 1. The summed E-state index contributed by atoms with van der Waals surface area (Å²) in [6.07, 6.45) is 2.38. The molecule has 2 aromatic carbocycles. The highest BCUT2D eigenvalue weighted by molar-refractivity contribution is 7.22. The maximum Gasteiger partial charge on any atom is 0.186 e. The van der Waals surface area contributed by atoms with Gasteiger partial charge in [0.25, 0.3) is 0 Å². The maximum absolute atomic E-state index is 8.81. The van der Waals surface area contributed by atoms with E-state index in [1.165, 1.54) is 23.1 Å². The van der Waals surface area contributed by atoms with Gasteiger partial charge in [-0.15, -0.1) is 0 Å². The van der Waals surface area contributed by atoms with E-state index < -0.39 is 0 Å². The predicted molar refractivity (Wildman–Crippen MR) is 111 cm³/mol. The molecule has 142 valence electrons. The van der Waals surface area contributed by atoms with Gasteiger partial charge in [-0.3, -0.25) is 0 Å². The fourth-order valence-electron chi connectivity index (χ4n) is 3.44. The monoisotopic (exact) mass is 383 g/mol. The highest BCUT2D eigenvalue weighted by Crippen LogP contribution is 2.30. The van der Waals surface area contributed by atoms with Gasteiger partial charge in [-0.25, -0.2) is 4.98 Å². The molecule has 27 heavy (non-hydrogen) atoms. The molecule has 5 nitrogen and oxygen atoms in total. The fourth-order valence-corrected chi connectivity index (χ4v) is 4.44. The Morgan fingerprint density at radius 2 is 2.04 bits per heavy atom. The Kier molecular flexibility index (Phi) is 5.87. The minimum Gasteiger partial charge on any atom is -0.491 e. The molecule has 4 rings (SSSR count). The summed E-state index contributed by atoms with van der Waals surface area (Å²) in [5.74, 6) is 0.799. The first-order valence-corrected chi connectivity index (χ1v) is 10.3. The van der Waals surface area contributed by atoms with Crippen molar-refractivity contribution in [1.29, 1.82) is 0 Å². The summed E-state index contributed by atoms with van der Waals surface area (Å²) in [5, 5.41) is 13.6. The molecule has 1 unspecified atom stereocenters. The molecule has 0 bridgehead atoms. The summed E-state index contributed by atoms with van der Waals surface area (Å²) in [7, 11) is 0. The van der Waals surface area contributed by atoms with Crippen molar-refractivity contribution in [2.75, 3.05) is 31.2 Å². The van der Waals surface area contributed by atoms with Crippen molar-refractivity contribution in [2.24, 2.45) is 0 Å². The number of hydrogen-bond donors (Lipinski definition) is 2. The lowest BCUT2D eigenvalue weighted by molar-refractivity contribution is 0.201. The number of fused-ring (bicyclic) bond motifs is 1. The standard InChI is InChI=1S/C21H25N3O2S/c25-12-13-26-18-9-7-16(8-10-18)14-22-17-4-3-11-24(15-17)21-23-19-5-1-2-6-20(19)27-21/h1-2,5-10,17,22,25H,3-4,11-15H2. The summed E-state index contributed by atoms with van der Waals surface area (Å²) in [4.78, 5) is 7.22. The number of nitrogens with zero attached hydrogens (tertiary/aromatic N) is 2. The molecule has 0 spiro atoms.